The van der Waals surface area contributed by atoms with Gasteiger partial charge in [-0.05, 0) is 55.8 Å². The Morgan fingerprint density at radius 1 is 1.19 bits per heavy atom. The van der Waals surface area contributed by atoms with E-state index in [1.165, 1.54) is 24.8 Å². The van der Waals surface area contributed by atoms with Crippen molar-refractivity contribution in [1.82, 2.24) is 0 Å². The number of aliphatic hydroxyl groups excluding tert-OH is 2. The van der Waals surface area contributed by atoms with Gasteiger partial charge in [-0.25, -0.2) is 0 Å². The minimum Gasteiger partial charge on any atom is -0.509 e. The van der Waals surface area contributed by atoms with E-state index >= 15 is 0 Å². The van der Waals surface area contributed by atoms with Crippen molar-refractivity contribution in [1.29, 1.82) is 0 Å². The molecule has 0 spiro atoms. The Hall–Kier alpha value is -1.18. The third kappa shape index (κ3) is 1.59. The largest absolute Gasteiger partial charge is 0.509 e. The molecule has 0 unspecified atom stereocenters. The van der Waals surface area contributed by atoms with Gasteiger partial charge in [0, 0.05) is 6.42 Å². The summed E-state index contributed by atoms with van der Waals surface area (Å²) < 4.78 is 0. The number of hydrogen-bond donors (Lipinski definition) is 2. The normalized spacial score (nSPS) is 48.5. The molecule has 1 saturated carbocycles. The predicted molar refractivity (Wildman–Crippen MR) is 83.9 cm³/mol. The van der Waals surface area contributed by atoms with Crippen LogP contribution in [0.3, 0.4) is 0 Å². The van der Waals surface area contributed by atoms with E-state index < -0.39 is 0 Å². The van der Waals surface area contributed by atoms with Gasteiger partial charge in [0.1, 0.15) is 11.5 Å². The maximum absolute atomic E-state index is 10.6. The Balaban J connectivity index is 1.83. The number of hydrogen-bond acceptors (Lipinski definition) is 2. The zero-order valence-corrected chi connectivity index (χ0v) is 13.1. The zero-order valence-electron chi connectivity index (χ0n) is 13.1. The minimum atomic E-state index is -0.369. The second-order valence-corrected chi connectivity index (χ2v) is 8.02. The first kappa shape index (κ1) is 13.5. The van der Waals surface area contributed by atoms with Gasteiger partial charge in [0.25, 0.3) is 0 Å². The fraction of sp³-hybridized carbons (Fsp3) is 0.684. The first-order chi connectivity index (χ1) is 9.97. The molecule has 21 heavy (non-hydrogen) atoms. The highest BCUT2D eigenvalue weighted by molar-refractivity contribution is 5.38. The number of fused-ring (bicyclic) bond motifs is 5. The highest BCUT2D eigenvalue weighted by atomic mass is 16.3. The predicted octanol–water partition coefficient (Wildman–Crippen LogP) is 5.05. The summed E-state index contributed by atoms with van der Waals surface area (Å²) in [6, 6.07) is 0. The van der Waals surface area contributed by atoms with E-state index in [0.29, 0.717) is 23.7 Å². The van der Waals surface area contributed by atoms with E-state index in [0.717, 1.165) is 18.8 Å². The Bertz CT molecular complexity index is 570. The average Bonchev–Trinajstić information content (AvgIpc) is 2.86. The van der Waals surface area contributed by atoms with Crippen LogP contribution >= 0.6 is 0 Å². The second kappa shape index (κ2) is 4.18. The molecule has 4 aliphatic rings. The Morgan fingerprint density at radius 3 is 2.81 bits per heavy atom. The van der Waals surface area contributed by atoms with Gasteiger partial charge in [-0.1, -0.05) is 37.1 Å². The van der Waals surface area contributed by atoms with Crippen LogP contribution in [0.5, 0.6) is 0 Å². The molecule has 0 radical (unpaired) electrons. The fourth-order valence-electron chi connectivity index (χ4n) is 5.82. The molecule has 0 saturated heterocycles. The highest BCUT2D eigenvalue weighted by Crippen LogP contribution is 2.62. The number of rotatable bonds is 0. The van der Waals surface area contributed by atoms with Crippen LogP contribution in [-0.2, 0) is 0 Å². The van der Waals surface area contributed by atoms with Crippen LogP contribution in [-0.4, -0.2) is 10.2 Å². The molecule has 0 aromatic rings. The monoisotopic (exact) mass is 286 g/mol. The van der Waals surface area contributed by atoms with Crippen LogP contribution in [0.4, 0.5) is 0 Å². The SMILES string of the molecule is C[C@]12C(=CC[C@@H]3[C@@H]1C=C[C@]1(C)CCC[C@@H]31)CCC(O)=C2O. The Kier molecular flexibility index (Phi) is 2.68. The smallest absolute Gasteiger partial charge is 0.140 e. The van der Waals surface area contributed by atoms with Crippen molar-refractivity contribution in [3.8, 4) is 0 Å². The molecular weight excluding hydrogens is 260 g/mol. The third-order valence-electron chi connectivity index (χ3n) is 7.11. The van der Waals surface area contributed by atoms with Crippen LogP contribution in [0.1, 0.15) is 52.4 Å². The van der Waals surface area contributed by atoms with Crippen LogP contribution in [0, 0.1) is 28.6 Å². The van der Waals surface area contributed by atoms with Crippen molar-refractivity contribution in [2.24, 2.45) is 28.6 Å². The molecule has 2 nitrogen and oxygen atoms in total. The second-order valence-electron chi connectivity index (χ2n) is 8.02. The summed E-state index contributed by atoms with van der Waals surface area (Å²) in [5, 5.41) is 20.7. The number of allylic oxidation sites excluding steroid dienone is 5. The molecular formula is C19H26O2. The average molecular weight is 286 g/mol. The van der Waals surface area contributed by atoms with Crippen molar-refractivity contribution in [3.63, 3.8) is 0 Å². The summed E-state index contributed by atoms with van der Waals surface area (Å²) in [5.41, 5.74) is 1.33. The summed E-state index contributed by atoms with van der Waals surface area (Å²) in [5.74, 6) is 2.14. The Labute approximate surface area is 127 Å². The molecule has 4 aliphatic carbocycles. The van der Waals surface area contributed by atoms with E-state index in [2.05, 4.69) is 32.1 Å². The van der Waals surface area contributed by atoms with Crippen LogP contribution < -0.4 is 0 Å². The minimum absolute atomic E-state index is 0.212. The van der Waals surface area contributed by atoms with Gasteiger partial charge in [-0.3, -0.25) is 0 Å². The fourth-order valence-corrected chi connectivity index (χ4v) is 5.82. The number of aliphatic hydroxyl groups is 2. The van der Waals surface area contributed by atoms with Gasteiger partial charge in [-0.2, -0.15) is 0 Å². The van der Waals surface area contributed by atoms with E-state index in [1.807, 2.05) is 0 Å². The van der Waals surface area contributed by atoms with Gasteiger partial charge in [0.2, 0.25) is 0 Å². The molecule has 0 aliphatic heterocycles. The van der Waals surface area contributed by atoms with Gasteiger partial charge in [-0.15, -0.1) is 0 Å². The molecule has 0 aromatic carbocycles. The van der Waals surface area contributed by atoms with Crippen molar-refractivity contribution >= 4 is 0 Å². The lowest BCUT2D eigenvalue weighted by atomic mass is 9.51. The van der Waals surface area contributed by atoms with E-state index in [9.17, 15) is 10.2 Å². The summed E-state index contributed by atoms with van der Waals surface area (Å²) in [4.78, 5) is 0. The van der Waals surface area contributed by atoms with Crippen molar-refractivity contribution in [2.75, 3.05) is 0 Å². The van der Waals surface area contributed by atoms with Crippen LogP contribution in [0.25, 0.3) is 0 Å². The lowest BCUT2D eigenvalue weighted by molar-refractivity contribution is 0.0581. The lowest BCUT2D eigenvalue weighted by Crippen LogP contribution is -2.47. The topological polar surface area (TPSA) is 40.5 Å². The summed E-state index contributed by atoms with van der Waals surface area (Å²) in [6.07, 6.45) is 13.8. The first-order valence-corrected chi connectivity index (χ1v) is 8.47. The maximum atomic E-state index is 10.6. The zero-order chi connectivity index (χ0) is 14.8. The molecule has 5 atom stereocenters. The van der Waals surface area contributed by atoms with E-state index in [4.69, 9.17) is 0 Å². The highest BCUT2D eigenvalue weighted by Gasteiger charge is 2.55. The third-order valence-corrected chi connectivity index (χ3v) is 7.11. The molecule has 114 valence electrons. The van der Waals surface area contributed by atoms with Crippen LogP contribution in [0.15, 0.2) is 35.3 Å². The first-order valence-electron chi connectivity index (χ1n) is 8.47. The van der Waals surface area contributed by atoms with Gasteiger partial charge in [0.15, 0.2) is 0 Å². The maximum Gasteiger partial charge on any atom is 0.140 e. The van der Waals surface area contributed by atoms with E-state index in [1.54, 1.807) is 0 Å². The van der Waals surface area contributed by atoms with Gasteiger partial charge < -0.3 is 10.2 Å². The standard InChI is InChI=1S/C19H26O2/c1-18-10-3-4-14(18)13-7-5-12-6-8-16(20)17(21)19(12,2)15(13)9-11-18/h5,9,11,13-15,20-21H,3-4,6-8,10H2,1-2H3/t13-,14-,15-,18-,19-/m0/s1. The quantitative estimate of drug-likeness (QED) is 0.611. The van der Waals surface area contributed by atoms with Crippen LogP contribution in [0.2, 0.25) is 0 Å². The summed E-state index contributed by atoms with van der Waals surface area (Å²) in [6.45, 7) is 4.55. The molecule has 0 heterocycles. The summed E-state index contributed by atoms with van der Waals surface area (Å²) >= 11 is 0. The van der Waals surface area contributed by atoms with Gasteiger partial charge in [0.05, 0.1) is 5.41 Å². The molecule has 0 aromatic heterocycles. The molecule has 0 amide bonds. The summed E-state index contributed by atoms with van der Waals surface area (Å²) in [7, 11) is 0. The van der Waals surface area contributed by atoms with E-state index in [-0.39, 0.29) is 16.9 Å². The molecule has 2 heteroatoms. The molecule has 0 bridgehead atoms. The van der Waals surface area contributed by atoms with Gasteiger partial charge >= 0.3 is 0 Å². The molecule has 2 N–H and O–H groups in total. The molecule has 1 fully saturated rings. The lowest BCUT2D eigenvalue weighted by Gasteiger charge is -2.53. The van der Waals surface area contributed by atoms with Crippen molar-refractivity contribution in [3.05, 3.63) is 35.3 Å². The Morgan fingerprint density at radius 2 is 2.00 bits per heavy atom. The van der Waals surface area contributed by atoms with Crippen molar-refractivity contribution < 1.29 is 10.2 Å². The molecule has 4 rings (SSSR count). The van der Waals surface area contributed by atoms with Crippen molar-refractivity contribution in [2.45, 2.75) is 52.4 Å².